The van der Waals surface area contributed by atoms with Gasteiger partial charge in [0, 0.05) is 13.2 Å². The van der Waals surface area contributed by atoms with Crippen molar-refractivity contribution >= 4 is 25.3 Å². The van der Waals surface area contributed by atoms with Gasteiger partial charge in [0.15, 0.2) is 0 Å². The van der Waals surface area contributed by atoms with Crippen molar-refractivity contribution in [2.75, 3.05) is 37.9 Å². The van der Waals surface area contributed by atoms with Gasteiger partial charge in [0.05, 0.1) is 13.2 Å². The Hall–Kier alpha value is 0.620. The van der Waals surface area contributed by atoms with Gasteiger partial charge in [-0.15, -0.1) is 0 Å². The van der Waals surface area contributed by atoms with Crippen molar-refractivity contribution in [3.05, 3.63) is 0 Å². The first-order chi connectivity index (χ1) is 5.91. The van der Waals surface area contributed by atoms with E-state index >= 15 is 0 Å². The zero-order chi connectivity index (χ0) is 9.07. The standard InChI is InChI=1S/C8H18O2S2/c11-7-1-3-9-5-6-10-4-2-8-12/h11-12H,1-8H2. The largest absolute Gasteiger partial charge is 0.379 e. The fraction of sp³-hybridized carbons (Fsp3) is 1.00. The molecular weight excluding hydrogens is 192 g/mol. The summed E-state index contributed by atoms with van der Waals surface area (Å²) >= 11 is 8.14. The fourth-order valence-corrected chi connectivity index (χ4v) is 0.913. The number of rotatable bonds is 9. The molecule has 0 aromatic heterocycles. The van der Waals surface area contributed by atoms with E-state index in [0.717, 1.165) is 37.6 Å². The molecule has 2 nitrogen and oxygen atoms in total. The molecule has 0 saturated heterocycles. The van der Waals surface area contributed by atoms with Crippen molar-refractivity contribution in [3.63, 3.8) is 0 Å². The van der Waals surface area contributed by atoms with Crippen LogP contribution in [0.1, 0.15) is 12.8 Å². The van der Waals surface area contributed by atoms with Crippen LogP contribution in [0.25, 0.3) is 0 Å². The zero-order valence-corrected chi connectivity index (χ0v) is 9.16. The monoisotopic (exact) mass is 210 g/mol. The fourth-order valence-electron chi connectivity index (χ4n) is 0.655. The molecule has 0 aliphatic heterocycles. The smallest absolute Gasteiger partial charge is 0.0700 e. The van der Waals surface area contributed by atoms with Crippen LogP contribution < -0.4 is 0 Å². The van der Waals surface area contributed by atoms with E-state index in [4.69, 9.17) is 9.47 Å². The van der Waals surface area contributed by atoms with E-state index in [1.807, 2.05) is 0 Å². The highest BCUT2D eigenvalue weighted by Gasteiger charge is 1.88. The number of thiol groups is 2. The Morgan fingerprint density at radius 1 is 0.667 bits per heavy atom. The molecule has 4 heteroatoms. The summed E-state index contributed by atoms with van der Waals surface area (Å²) in [6.07, 6.45) is 2.03. The summed E-state index contributed by atoms with van der Waals surface area (Å²) in [5, 5.41) is 0. The third-order valence-corrected chi connectivity index (χ3v) is 1.90. The summed E-state index contributed by atoms with van der Waals surface area (Å²) in [5.41, 5.74) is 0. The average molecular weight is 210 g/mol. The summed E-state index contributed by atoms with van der Waals surface area (Å²) in [5.74, 6) is 1.78. The Morgan fingerprint density at radius 2 is 1.08 bits per heavy atom. The van der Waals surface area contributed by atoms with E-state index in [2.05, 4.69) is 25.3 Å². The van der Waals surface area contributed by atoms with Gasteiger partial charge in [0.2, 0.25) is 0 Å². The highest BCUT2D eigenvalue weighted by atomic mass is 32.1. The van der Waals surface area contributed by atoms with Gasteiger partial charge >= 0.3 is 0 Å². The number of ether oxygens (including phenoxy) is 2. The van der Waals surface area contributed by atoms with Crippen LogP contribution in [0.15, 0.2) is 0 Å². The molecule has 0 atom stereocenters. The second kappa shape index (κ2) is 11.6. The van der Waals surface area contributed by atoms with Gasteiger partial charge in [-0.2, -0.15) is 25.3 Å². The first-order valence-corrected chi connectivity index (χ1v) is 5.55. The maximum absolute atomic E-state index is 5.26. The average Bonchev–Trinajstić information content (AvgIpc) is 2.10. The summed E-state index contributed by atoms with van der Waals surface area (Å²) in [7, 11) is 0. The lowest BCUT2D eigenvalue weighted by molar-refractivity contribution is 0.0488. The van der Waals surface area contributed by atoms with E-state index in [-0.39, 0.29) is 0 Å². The predicted octanol–water partition coefficient (Wildman–Crippen LogP) is 1.66. The molecule has 0 unspecified atom stereocenters. The van der Waals surface area contributed by atoms with Crippen molar-refractivity contribution in [3.8, 4) is 0 Å². The third-order valence-electron chi connectivity index (χ3n) is 1.27. The van der Waals surface area contributed by atoms with Crippen LogP contribution in [-0.4, -0.2) is 37.9 Å². The lowest BCUT2D eigenvalue weighted by Crippen LogP contribution is -2.06. The first kappa shape index (κ1) is 12.6. The second-order valence-electron chi connectivity index (χ2n) is 2.38. The van der Waals surface area contributed by atoms with Crippen molar-refractivity contribution in [1.29, 1.82) is 0 Å². The van der Waals surface area contributed by atoms with Gasteiger partial charge in [-0.25, -0.2) is 0 Å². The van der Waals surface area contributed by atoms with E-state index in [1.54, 1.807) is 0 Å². The minimum absolute atomic E-state index is 0.695. The quantitative estimate of drug-likeness (QED) is 0.445. The van der Waals surface area contributed by atoms with Gasteiger partial charge in [-0.3, -0.25) is 0 Å². The molecule has 0 amide bonds. The Kier molecular flexibility index (Phi) is 12.2. The first-order valence-electron chi connectivity index (χ1n) is 4.29. The molecule has 0 rings (SSSR count). The second-order valence-corrected chi connectivity index (χ2v) is 3.27. The van der Waals surface area contributed by atoms with E-state index in [0.29, 0.717) is 13.2 Å². The van der Waals surface area contributed by atoms with Gasteiger partial charge in [0.1, 0.15) is 0 Å². The van der Waals surface area contributed by atoms with Crippen LogP contribution in [0.5, 0.6) is 0 Å². The lowest BCUT2D eigenvalue weighted by Gasteiger charge is -2.03. The van der Waals surface area contributed by atoms with Crippen molar-refractivity contribution in [2.24, 2.45) is 0 Å². The van der Waals surface area contributed by atoms with Crippen LogP contribution in [0, 0.1) is 0 Å². The van der Waals surface area contributed by atoms with Crippen LogP contribution >= 0.6 is 25.3 Å². The molecular formula is C8H18O2S2. The molecule has 0 heterocycles. The Labute approximate surface area is 85.8 Å². The maximum atomic E-state index is 5.26. The van der Waals surface area contributed by atoms with Crippen molar-refractivity contribution in [1.82, 2.24) is 0 Å². The Morgan fingerprint density at radius 3 is 1.42 bits per heavy atom. The minimum atomic E-state index is 0.695. The molecule has 0 aliphatic carbocycles. The van der Waals surface area contributed by atoms with Gasteiger partial charge in [0.25, 0.3) is 0 Å². The third kappa shape index (κ3) is 10.6. The van der Waals surface area contributed by atoms with Crippen LogP contribution in [-0.2, 0) is 9.47 Å². The maximum Gasteiger partial charge on any atom is 0.0700 e. The van der Waals surface area contributed by atoms with Crippen molar-refractivity contribution in [2.45, 2.75) is 12.8 Å². The van der Waals surface area contributed by atoms with Gasteiger partial charge in [-0.05, 0) is 24.3 Å². The topological polar surface area (TPSA) is 18.5 Å². The SMILES string of the molecule is SCCCOCCOCCCS. The Bertz CT molecular complexity index is 71.5. The molecule has 0 aromatic carbocycles. The van der Waals surface area contributed by atoms with Crippen LogP contribution in [0.3, 0.4) is 0 Å². The molecule has 0 aromatic rings. The zero-order valence-electron chi connectivity index (χ0n) is 7.37. The summed E-state index contributed by atoms with van der Waals surface area (Å²) < 4.78 is 10.5. The van der Waals surface area contributed by atoms with E-state index in [1.165, 1.54) is 0 Å². The minimum Gasteiger partial charge on any atom is -0.379 e. The Balaban J connectivity index is 2.73. The molecule has 0 N–H and O–H groups in total. The molecule has 0 saturated carbocycles. The van der Waals surface area contributed by atoms with Gasteiger partial charge in [-0.1, -0.05) is 0 Å². The number of hydrogen-bond acceptors (Lipinski definition) is 4. The molecule has 12 heavy (non-hydrogen) atoms. The highest BCUT2D eigenvalue weighted by molar-refractivity contribution is 7.80. The lowest BCUT2D eigenvalue weighted by atomic mass is 10.5. The normalized spacial score (nSPS) is 10.5. The van der Waals surface area contributed by atoms with Crippen molar-refractivity contribution < 1.29 is 9.47 Å². The molecule has 0 aliphatic rings. The highest BCUT2D eigenvalue weighted by Crippen LogP contribution is 1.88. The summed E-state index contributed by atoms with van der Waals surface area (Å²) in [6, 6.07) is 0. The summed E-state index contributed by atoms with van der Waals surface area (Å²) in [4.78, 5) is 0. The molecule has 0 fully saturated rings. The summed E-state index contributed by atoms with van der Waals surface area (Å²) in [6.45, 7) is 2.97. The van der Waals surface area contributed by atoms with Gasteiger partial charge < -0.3 is 9.47 Å². The van der Waals surface area contributed by atoms with E-state index in [9.17, 15) is 0 Å². The van der Waals surface area contributed by atoms with Crippen LogP contribution in [0.4, 0.5) is 0 Å². The molecule has 74 valence electrons. The molecule has 0 radical (unpaired) electrons. The molecule has 0 spiro atoms. The van der Waals surface area contributed by atoms with E-state index < -0.39 is 0 Å². The van der Waals surface area contributed by atoms with Crippen LogP contribution in [0.2, 0.25) is 0 Å². The predicted molar refractivity (Wildman–Crippen MR) is 58.6 cm³/mol. The number of hydrogen-bond donors (Lipinski definition) is 2. The molecule has 0 bridgehead atoms.